The van der Waals surface area contributed by atoms with Crippen molar-refractivity contribution >= 4 is 11.9 Å². The molecule has 2 saturated heterocycles. The van der Waals surface area contributed by atoms with E-state index in [1.54, 1.807) is 0 Å². The monoisotopic (exact) mass is 445 g/mol. The Labute approximate surface area is 192 Å². The molecule has 1 aromatic rings. The van der Waals surface area contributed by atoms with Crippen molar-refractivity contribution in [2.45, 2.75) is 45.8 Å². The van der Waals surface area contributed by atoms with Crippen LogP contribution in [0, 0.1) is 6.92 Å². The van der Waals surface area contributed by atoms with Gasteiger partial charge in [-0.3, -0.25) is 14.7 Å². The molecule has 0 aromatic heterocycles. The summed E-state index contributed by atoms with van der Waals surface area (Å²) >= 11 is 0. The zero-order valence-electron chi connectivity index (χ0n) is 19.8. The molecule has 8 nitrogen and oxygen atoms in total. The lowest BCUT2D eigenvalue weighted by Crippen LogP contribution is -2.57. The largest absolute Gasteiger partial charge is 0.491 e. The predicted molar refractivity (Wildman–Crippen MR) is 127 cm³/mol. The van der Waals surface area contributed by atoms with Crippen LogP contribution < -0.4 is 10.1 Å². The van der Waals surface area contributed by atoms with Gasteiger partial charge < -0.3 is 25.0 Å². The number of piperazine rings is 1. The Balaban J connectivity index is 1.47. The van der Waals surface area contributed by atoms with Crippen molar-refractivity contribution in [3.05, 3.63) is 29.8 Å². The predicted octanol–water partition coefficient (Wildman–Crippen LogP) is 1.33. The van der Waals surface area contributed by atoms with Crippen LogP contribution in [0.2, 0.25) is 0 Å². The Hall–Kier alpha value is -2.32. The molecule has 2 aliphatic heterocycles. The number of nitrogens with one attached hydrogen (secondary N) is 1. The molecule has 2 N–H and O–H groups in total. The molecule has 8 heteroatoms. The Morgan fingerprint density at radius 1 is 1.16 bits per heavy atom. The van der Waals surface area contributed by atoms with Crippen molar-refractivity contribution in [2.75, 3.05) is 59.0 Å². The quantitative estimate of drug-likeness (QED) is 0.464. The number of nitrogens with zero attached hydrogens (tertiary/aromatic N) is 4. The van der Waals surface area contributed by atoms with E-state index in [0.29, 0.717) is 0 Å². The minimum atomic E-state index is -0.677. The standard InChI is InChI=1S/C24H39N5O3/c1-4-25-24(26-17-21(30)18-32-22-9-7-8-19(2)16-22)29-14-12-27(13-15-29)20(3)23(31)28-10-5-6-11-28/h7-9,16,20-21,30H,4-6,10-15,17-18H2,1-3H3,(H,25,26). The van der Waals surface area contributed by atoms with Gasteiger partial charge in [-0.25, -0.2) is 0 Å². The number of carbonyl (C=O) groups is 1. The zero-order chi connectivity index (χ0) is 22.9. The molecule has 2 heterocycles. The number of guanidine groups is 1. The SMILES string of the molecule is CCNC(=NCC(O)COc1cccc(C)c1)N1CCN(C(C)C(=O)N2CCCC2)CC1. The number of aliphatic hydroxyl groups is 1. The number of hydrogen-bond acceptors (Lipinski definition) is 5. The van der Waals surface area contributed by atoms with Crippen molar-refractivity contribution in [3.63, 3.8) is 0 Å². The molecule has 2 atom stereocenters. The Morgan fingerprint density at radius 3 is 2.53 bits per heavy atom. The summed E-state index contributed by atoms with van der Waals surface area (Å²) in [4.78, 5) is 23.8. The molecule has 2 fully saturated rings. The second-order valence-corrected chi connectivity index (χ2v) is 8.71. The van der Waals surface area contributed by atoms with Gasteiger partial charge in [-0.05, 0) is 51.3 Å². The van der Waals surface area contributed by atoms with Gasteiger partial charge in [0.25, 0.3) is 0 Å². The van der Waals surface area contributed by atoms with Crippen LogP contribution in [0.3, 0.4) is 0 Å². The van der Waals surface area contributed by atoms with Gasteiger partial charge in [-0.15, -0.1) is 0 Å². The van der Waals surface area contributed by atoms with Crippen molar-refractivity contribution < 1.29 is 14.6 Å². The van der Waals surface area contributed by atoms with Gasteiger partial charge in [0.15, 0.2) is 5.96 Å². The summed E-state index contributed by atoms with van der Waals surface area (Å²) in [6.45, 7) is 12.4. The summed E-state index contributed by atoms with van der Waals surface area (Å²) in [5, 5.41) is 13.7. The molecule has 0 bridgehead atoms. The Morgan fingerprint density at radius 2 is 1.88 bits per heavy atom. The topological polar surface area (TPSA) is 80.6 Å². The molecule has 0 saturated carbocycles. The van der Waals surface area contributed by atoms with E-state index >= 15 is 0 Å². The molecule has 2 aliphatic rings. The van der Waals surface area contributed by atoms with Crippen molar-refractivity contribution in [2.24, 2.45) is 4.99 Å². The highest BCUT2D eigenvalue weighted by Gasteiger charge is 2.30. The minimum Gasteiger partial charge on any atom is -0.491 e. The van der Waals surface area contributed by atoms with Crippen molar-refractivity contribution in [1.82, 2.24) is 20.0 Å². The van der Waals surface area contributed by atoms with Gasteiger partial charge in [-0.1, -0.05) is 12.1 Å². The maximum Gasteiger partial charge on any atom is 0.239 e. The minimum absolute atomic E-state index is 0.0737. The highest BCUT2D eigenvalue weighted by Crippen LogP contribution is 2.15. The Bertz CT molecular complexity index is 758. The van der Waals surface area contributed by atoms with Gasteiger partial charge in [-0.2, -0.15) is 0 Å². The van der Waals surface area contributed by atoms with Crippen LogP contribution in [0.1, 0.15) is 32.3 Å². The van der Waals surface area contributed by atoms with Gasteiger partial charge in [0.1, 0.15) is 18.5 Å². The maximum absolute atomic E-state index is 12.7. The molecule has 178 valence electrons. The second kappa shape index (κ2) is 12.1. The van der Waals surface area contributed by atoms with Crippen LogP contribution in [0.5, 0.6) is 5.75 Å². The van der Waals surface area contributed by atoms with E-state index in [0.717, 1.165) is 75.9 Å². The molecule has 32 heavy (non-hydrogen) atoms. The molecule has 3 rings (SSSR count). The summed E-state index contributed by atoms with van der Waals surface area (Å²) in [6, 6.07) is 7.73. The third kappa shape index (κ3) is 6.84. The third-order valence-corrected chi connectivity index (χ3v) is 6.16. The lowest BCUT2D eigenvalue weighted by molar-refractivity contribution is -0.135. The first-order valence-electron chi connectivity index (χ1n) is 11.9. The molecule has 2 unspecified atom stereocenters. The van der Waals surface area contributed by atoms with Gasteiger partial charge in [0.2, 0.25) is 5.91 Å². The number of ether oxygens (including phenoxy) is 1. The van der Waals surface area contributed by atoms with Gasteiger partial charge in [0.05, 0.1) is 12.6 Å². The average molecular weight is 446 g/mol. The van der Waals surface area contributed by atoms with Crippen LogP contribution in [0.4, 0.5) is 0 Å². The molecule has 0 radical (unpaired) electrons. The van der Waals surface area contributed by atoms with Crippen LogP contribution in [0.15, 0.2) is 29.3 Å². The van der Waals surface area contributed by atoms with Crippen LogP contribution in [-0.2, 0) is 4.79 Å². The smallest absolute Gasteiger partial charge is 0.239 e. The number of aliphatic imine (C=N–C) groups is 1. The number of rotatable bonds is 8. The zero-order valence-corrected chi connectivity index (χ0v) is 19.8. The highest BCUT2D eigenvalue weighted by molar-refractivity contribution is 5.82. The summed E-state index contributed by atoms with van der Waals surface area (Å²) in [6.07, 6.45) is 1.57. The van der Waals surface area contributed by atoms with Gasteiger partial charge in [0, 0.05) is 45.8 Å². The van der Waals surface area contributed by atoms with E-state index in [2.05, 4.69) is 20.1 Å². The number of benzene rings is 1. The molecule has 1 aromatic carbocycles. The molecule has 0 aliphatic carbocycles. The number of aryl methyl sites for hydroxylation is 1. The van der Waals surface area contributed by atoms with Crippen molar-refractivity contribution in [3.8, 4) is 5.75 Å². The first-order chi connectivity index (χ1) is 15.5. The third-order valence-electron chi connectivity index (χ3n) is 6.16. The lowest BCUT2D eigenvalue weighted by atomic mass is 10.2. The average Bonchev–Trinajstić information content (AvgIpc) is 3.35. The molecular weight excluding hydrogens is 406 g/mol. The highest BCUT2D eigenvalue weighted by atomic mass is 16.5. The fourth-order valence-corrected chi connectivity index (χ4v) is 4.25. The second-order valence-electron chi connectivity index (χ2n) is 8.71. The fraction of sp³-hybridized carbons (Fsp3) is 0.667. The summed E-state index contributed by atoms with van der Waals surface area (Å²) in [5.41, 5.74) is 1.13. The number of amides is 1. The fourth-order valence-electron chi connectivity index (χ4n) is 4.25. The van der Waals surface area contributed by atoms with Crippen LogP contribution in [0.25, 0.3) is 0 Å². The summed E-state index contributed by atoms with van der Waals surface area (Å²) in [5.74, 6) is 1.82. The normalized spacial score (nSPS) is 19.7. The summed E-state index contributed by atoms with van der Waals surface area (Å²) in [7, 11) is 0. The van der Waals surface area contributed by atoms with Crippen LogP contribution >= 0.6 is 0 Å². The first kappa shape index (κ1) is 24.3. The maximum atomic E-state index is 12.7. The van der Waals surface area contributed by atoms with E-state index < -0.39 is 6.10 Å². The van der Waals surface area contributed by atoms with E-state index in [1.807, 2.05) is 49.9 Å². The van der Waals surface area contributed by atoms with Crippen LogP contribution in [-0.4, -0.2) is 103 Å². The van der Waals surface area contributed by atoms with E-state index in [1.165, 1.54) is 0 Å². The molecular formula is C24H39N5O3. The number of carbonyl (C=O) groups excluding carboxylic acids is 1. The number of likely N-dealkylation sites (tertiary alicyclic amines) is 1. The molecule has 0 spiro atoms. The van der Waals surface area contributed by atoms with Crippen molar-refractivity contribution in [1.29, 1.82) is 0 Å². The Kier molecular flexibility index (Phi) is 9.17. The van der Waals surface area contributed by atoms with E-state index in [4.69, 9.17) is 4.74 Å². The van der Waals surface area contributed by atoms with E-state index in [-0.39, 0.29) is 25.1 Å². The summed E-state index contributed by atoms with van der Waals surface area (Å²) < 4.78 is 5.70. The molecule has 1 amide bonds. The van der Waals surface area contributed by atoms with Gasteiger partial charge >= 0.3 is 0 Å². The van der Waals surface area contributed by atoms with E-state index in [9.17, 15) is 9.90 Å². The lowest BCUT2D eigenvalue weighted by Gasteiger charge is -2.39. The first-order valence-corrected chi connectivity index (χ1v) is 11.9. The number of hydrogen-bond donors (Lipinski definition) is 2. The number of aliphatic hydroxyl groups excluding tert-OH is 1.